The van der Waals surface area contributed by atoms with Crippen LogP contribution >= 0.6 is 11.6 Å². The standard InChI is InChI=1S/C38H21Cl/c39-26-20-24(27-17-15-22-7-5-13-31-29-9-1-3-11-33(29)37(27)35(22)31)19-25(21-26)28-18-16-23-8-6-14-32-30-10-2-4-12-34(30)38(28)36(23)32/h1-21H. The van der Waals surface area contributed by atoms with Crippen molar-refractivity contribution in [3.05, 3.63) is 132 Å². The fourth-order valence-electron chi connectivity index (χ4n) is 7.02. The predicted molar refractivity (Wildman–Crippen MR) is 166 cm³/mol. The summed E-state index contributed by atoms with van der Waals surface area (Å²) in [6.45, 7) is 0. The monoisotopic (exact) mass is 512 g/mol. The van der Waals surface area contributed by atoms with Gasteiger partial charge in [0.05, 0.1) is 0 Å². The van der Waals surface area contributed by atoms with Crippen LogP contribution in [0.25, 0.3) is 88.3 Å². The highest BCUT2D eigenvalue weighted by molar-refractivity contribution is 6.31. The number of hydrogen-bond acceptors (Lipinski definition) is 0. The summed E-state index contributed by atoms with van der Waals surface area (Å²) < 4.78 is 0. The van der Waals surface area contributed by atoms with Gasteiger partial charge in [-0.1, -0.05) is 121 Å². The summed E-state index contributed by atoms with van der Waals surface area (Å²) in [6, 6.07) is 46.4. The molecule has 0 N–H and O–H groups in total. The van der Waals surface area contributed by atoms with Gasteiger partial charge in [0, 0.05) is 5.02 Å². The van der Waals surface area contributed by atoms with E-state index >= 15 is 0 Å². The van der Waals surface area contributed by atoms with E-state index in [1.54, 1.807) is 0 Å². The molecular formula is C38H21Cl. The summed E-state index contributed by atoms with van der Waals surface area (Å²) in [7, 11) is 0. The molecule has 0 fully saturated rings. The van der Waals surface area contributed by atoms with E-state index < -0.39 is 0 Å². The fraction of sp³-hybridized carbons (Fsp3) is 0. The maximum absolute atomic E-state index is 6.90. The summed E-state index contributed by atoms with van der Waals surface area (Å²) in [6.07, 6.45) is 0. The molecule has 0 radical (unpaired) electrons. The van der Waals surface area contributed by atoms with Crippen molar-refractivity contribution < 1.29 is 0 Å². The first-order valence-electron chi connectivity index (χ1n) is 13.4. The van der Waals surface area contributed by atoms with E-state index in [1.807, 2.05) is 0 Å². The topological polar surface area (TPSA) is 0 Å². The van der Waals surface area contributed by atoms with Gasteiger partial charge in [0.2, 0.25) is 0 Å². The second-order valence-corrected chi connectivity index (χ2v) is 11.0. The van der Waals surface area contributed by atoms with Gasteiger partial charge in [0.25, 0.3) is 0 Å². The van der Waals surface area contributed by atoms with Crippen LogP contribution in [0.1, 0.15) is 0 Å². The van der Waals surface area contributed by atoms with Crippen LogP contribution in [0, 0.1) is 0 Å². The molecule has 0 aliphatic heterocycles. The van der Waals surface area contributed by atoms with Crippen molar-refractivity contribution in [1.29, 1.82) is 0 Å². The Labute approximate surface area is 231 Å². The average molecular weight is 513 g/mol. The van der Waals surface area contributed by atoms with Crippen LogP contribution in [0.15, 0.2) is 127 Å². The molecule has 2 aliphatic carbocycles. The quantitative estimate of drug-likeness (QED) is 0.216. The Morgan fingerprint density at radius 3 is 1.26 bits per heavy atom. The Hall–Kier alpha value is -4.65. The van der Waals surface area contributed by atoms with E-state index in [0.29, 0.717) is 0 Å². The molecular weight excluding hydrogens is 492 g/mol. The third kappa shape index (κ3) is 2.84. The first-order valence-corrected chi connectivity index (χ1v) is 13.8. The molecule has 0 aromatic heterocycles. The Morgan fingerprint density at radius 2 is 0.769 bits per heavy atom. The van der Waals surface area contributed by atoms with Crippen LogP contribution in [0.2, 0.25) is 5.02 Å². The Kier molecular flexibility index (Phi) is 4.20. The lowest BCUT2D eigenvalue weighted by molar-refractivity contribution is 1.61. The molecule has 7 aromatic rings. The molecule has 0 unspecified atom stereocenters. The Bertz CT molecular complexity index is 2030. The second-order valence-electron chi connectivity index (χ2n) is 10.6. The third-order valence-electron chi connectivity index (χ3n) is 8.58. The third-order valence-corrected chi connectivity index (χ3v) is 8.80. The van der Waals surface area contributed by atoms with Gasteiger partial charge in [-0.3, -0.25) is 0 Å². The molecule has 180 valence electrons. The smallest absolute Gasteiger partial charge is 0.0418 e. The maximum Gasteiger partial charge on any atom is 0.0418 e. The normalized spacial score (nSPS) is 12.2. The molecule has 1 heteroatoms. The largest absolute Gasteiger partial charge is 0.0843 e. The summed E-state index contributed by atoms with van der Waals surface area (Å²) in [5.74, 6) is 0. The molecule has 0 saturated heterocycles. The van der Waals surface area contributed by atoms with Crippen molar-refractivity contribution in [1.82, 2.24) is 0 Å². The number of hydrogen-bond donors (Lipinski definition) is 0. The molecule has 7 aromatic carbocycles. The van der Waals surface area contributed by atoms with Gasteiger partial charge in [0.1, 0.15) is 0 Å². The van der Waals surface area contributed by atoms with Crippen molar-refractivity contribution in [3.8, 4) is 66.8 Å². The van der Waals surface area contributed by atoms with Gasteiger partial charge in [0.15, 0.2) is 0 Å². The van der Waals surface area contributed by atoms with Gasteiger partial charge in [-0.2, -0.15) is 0 Å². The van der Waals surface area contributed by atoms with E-state index in [2.05, 4.69) is 127 Å². The van der Waals surface area contributed by atoms with Crippen LogP contribution in [-0.2, 0) is 0 Å². The number of benzene rings is 7. The van der Waals surface area contributed by atoms with Gasteiger partial charge >= 0.3 is 0 Å². The summed E-state index contributed by atoms with van der Waals surface area (Å²) in [5, 5.41) is 5.97. The molecule has 39 heavy (non-hydrogen) atoms. The molecule has 0 spiro atoms. The highest BCUT2D eigenvalue weighted by atomic mass is 35.5. The van der Waals surface area contributed by atoms with Crippen molar-refractivity contribution in [2.45, 2.75) is 0 Å². The Morgan fingerprint density at radius 1 is 0.333 bits per heavy atom. The molecule has 0 heterocycles. The number of rotatable bonds is 2. The van der Waals surface area contributed by atoms with E-state index in [-0.39, 0.29) is 0 Å². The van der Waals surface area contributed by atoms with Gasteiger partial charge in [-0.05, 0) is 107 Å². The number of halogens is 1. The molecule has 0 nitrogen and oxygen atoms in total. The SMILES string of the molecule is Clc1cc(-c2ccc3cccc4c3c2-c2ccccc2-4)cc(-c2ccc3cccc4c3c2-c2ccccc2-4)c1. The highest BCUT2D eigenvalue weighted by Gasteiger charge is 2.26. The van der Waals surface area contributed by atoms with Crippen LogP contribution in [0.4, 0.5) is 0 Å². The summed E-state index contributed by atoms with van der Waals surface area (Å²) in [4.78, 5) is 0. The maximum atomic E-state index is 6.90. The van der Waals surface area contributed by atoms with Crippen LogP contribution < -0.4 is 0 Å². The molecule has 0 amide bonds. The van der Waals surface area contributed by atoms with Crippen molar-refractivity contribution >= 4 is 33.1 Å². The molecule has 2 aliphatic rings. The first kappa shape index (κ1) is 21.3. The van der Waals surface area contributed by atoms with E-state index in [9.17, 15) is 0 Å². The molecule has 0 atom stereocenters. The number of fused-ring (bicyclic) bond motifs is 6. The van der Waals surface area contributed by atoms with Gasteiger partial charge < -0.3 is 0 Å². The molecule has 9 rings (SSSR count). The van der Waals surface area contributed by atoms with Gasteiger partial charge in [-0.25, -0.2) is 0 Å². The molecule has 0 saturated carbocycles. The van der Waals surface area contributed by atoms with E-state index in [0.717, 1.165) is 16.1 Å². The van der Waals surface area contributed by atoms with Crippen LogP contribution in [0.5, 0.6) is 0 Å². The second kappa shape index (κ2) is 7.69. The lowest BCUT2D eigenvalue weighted by Crippen LogP contribution is -1.89. The zero-order valence-corrected chi connectivity index (χ0v) is 21.8. The Balaban J connectivity index is 1.32. The summed E-state index contributed by atoms with van der Waals surface area (Å²) >= 11 is 6.90. The van der Waals surface area contributed by atoms with Crippen molar-refractivity contribution in [3.63, 3.8) is 0 Å². The minimum absolute atomic E-state index is 0.751. The highest BCUT2D eigenvalue weighted by Crippen LogP contribution is 2.53. The van der Waals surface area contributed by atoms with Crippen LogP contribution in [0.3, 0.4) is 0 Å². The molecule has 0 bridgehead atoms. The average Bonchev–Trinajstić information content (AvgIpc) is 3.50. The fourth-order valence-corrected chi connectivity index (χ4v) is 7.26. The van der Waals surface area contributed by atoms with Crippen molar-refractivity contribution in [2.75, 3.05) is 0 Å². The summed E-state index contributed by atoms with van der Waals surface area (Å²) in [5.41, 5.74) is 15.2. The van der Waals surface area contributed by atoms with E-state index in [1.165, 1.54) is 77.2 Å². The van der Waals surface area contributed by atoms with E-state index in [4.69, 9.17) is 11.6 Å². The van der Waals surface area contributed by atoms with Crippen LogP contribution in [-0.4, -0.2) is 0 Å². The predicted octanol–water partition coefficient (Wildman–Crippen LogP) is 11.3. The minimum atomic E-state index is 0.751. The minimum Gasteiger partial charge on any atom is -0.0843 e. The van der Waals surface area contributed by atoms with Crippen molar-refractivity contribution in [2.24, 2.45) is 0 Å². The zero-order valence-electron chi connectivity index (χ0n) is 21.0. The lowest BCUT2D eigenvalue weighted by Gasteiger charge is -2.15. The first-order chi connectivity index (χ1) is 19.3. The lowest BCUT2D eigenvalue weighted by atomic mass is 9.89. The zero-order chi connectivity index (χ0) is 25.7. The van der Waals surface area contributed by atoms with Gasteiger partial charge in [-0.15, -0.1) is 0 Å².